The van der Waals surface area contributed by atoms with E-state index in [-0.39, 0.29) is 5.91 Å². The predicted molar refractivity (Wildman–Crippen MR) is 95.7 cm³/mol. The van der Waals surface area contributed by atoms with Crippen molar-refractivity contribution in [1.82, 2.24) is 0 Å². The van der Waals surface area contributed by atoms with Gasteiger partial charge in [-0.25, -0.2) is 0 Å². The van der Waals surface area contributed by atoms with E-state index in [4.69, 9.17) is 4.74 Å². The summed E-state index contributed by atoms with van der Waals surface area (Å²) in [6, 6.07) is 5.98. The highest BCUT2D eigenvalue weighted by atomic mass is 16.5. The Bertz CT molecular complexity index is 427. The van der Waals surface area contributed by atoms with Crippen LogP contribution in [-0.2, 0) is 11.2 Å². The Morgan fingerprint density at radius 3 is 2.41 bits per heavy atom. The number of nitrogens with one attached hydrogen (secondary N) is 1. The first kappa shape index (κ1) is 20.5. The molecule has 3 heteroatoms. The number of benzene rings is 1. The Kier molecular flexibility index (Phi) is 11.2. The topological polar surface area (TPSA) is 38.3 Å². The van der Waals surface area contributed by atoms with Gasteiger partial charge in [-0.1, -0.05) is 60.1 Å². The van der Waals surface area contributed by atoms with E-state index in [1.54, 1.807) is 0 Å². The van der Waals surface area contributed by atoms with Gasteiger partial charge in [0.05, 0.1) is 12.3 Å². The van der Waals surface area contributed by atoms with Gasteiger partial charge >= 0.3 is 0 Å². The van der Waals surface area contributed by atoms with Crippen LogP contribution in [0.3, 0.4) is 0 Å². The normalized spacial score (nSPS) is 9.95. The molecule has 126 valence electrons. The molecule has 1 amide bonds. The van der Waals surface area contributed by atoms with Crippen LogP contribution in [0.1, 0.15) is 66.4 Å². The molecule has 0 heterocycles. The van der Waals surface area contributed by atoms with Gasteiger partial charge in [-0.3, -0.25) is 4.79 Å². The van der Waals surface area contributed by atoms with Gasteiger partial charge in [0.2, 0.25) is 5.91 Å². The van der Waals surface area contributed by atoms with E-state index in [1.165, 1.54) is 5.56 Å². The van der Waals surface area contributed by atoms with Crippen molar-refractivity contribution in [1.29, 1.82) is 0 Å². The van der Waals surface area contributed by atoms with E-state index in [2.05, 4.69) is 25.2 Å². The molecule has 0 aliphatic rings. The van der Waals surface area contributed by atoms with Crippen LogP contribution < -0.4 is 10.1 Å². The minimum Gasteiger partial charge on any atom is -0.491 e. The molecule has 0 aromatic heterocycles. The molecule has 1 aromatic carbocycles. The minimum absolute atomic E-state index is 0.0509. The highest BCUT2D eigenvalue weighted by Crippen LogP contribution is 2.30. The SMILES string of the molecule is CC.CCCOc1c(CCC)cccc1NC(=O)CC(C)C. The van der Waals surface area contributed by atoms with Crippen LogP contribution in [0.4, 0.5) is 5.69 Å². The number of carbonyl (C=O) groups excluding carboxylic acids is 1. The number of para-hydroxylation sites is 1. The lowest BCUT2D eigenvalue weighted by atomic mass is 10.1. The zero-order chi connectivity index (χ0) is 17.0. The number of anilines is 1. The van der Waals surface area contributed by atoms with E-state index in [0.29, 0.717) is 18.9 Å². The summed E-state index contributed by atoms with van der Waals surface area (Å²) in [6.45, 7) is 13.0. The van der Waals surface area contributed by atoms with Gasteiger partial charge in [0.25, 0.3) is 0 Å². The number of amides is 1. The molecule has 22 heavy (non-hydrogen) atoms. The Labute approximate surface area is 136 Å². The molecule has 0 bridgehead atoms. The fourth-order valence-electron chi connectivity index (χ4n) is 2.10. The van der Waals surface area contributed by atoms with Crippen molar-refractivity contribution in [3.05, 3.63) is 23.8 Å². The zero-order valence-electron chi connectivity index (χ0n) is 15.2. The summed E-state index contributed by atoms with van der Waals surface area (Å²) in [6.07, 6.45) is 3.52. The van der Waals surface area contributed by atoms with Crippen molar-refractivity contribution in [2.75, 3.05) is 11.9 Å². The van der Waals surface area contributed by atoms with E-state index in [9.17, 15) is 4.79 Å². The molecule has 0 aliphatic carbocycles. The second kappa shape index (κ2) is 12.1. The lowest BCUT2D eigenvalue weighted by molar-refractivity contribution is -0.116. The van der Waals surface area contributed by atoms with Gasteiger partial charge in [-0.05, 0) is 30.4 Å². The molecule has 3 nitrogen and oxygen atoms in total. The molecule has 0 aliphatic heterocycles. The summed E-state index contributed by atoms with van der Waals surface area (Å²) < 4.78 is 5.86. The molecule has 0 spiro atoms. The highest BCUT2D eigenvalue weighted by Gasteiger charge is 2.12. The van der Waals surface area contributed by atoms with Gasteiger partial charge in [0, 0.05) is 6.42 Å². The first-order valence-corrected chi connectivity index (χ1v) is 8.63. The zero-order valence-corrected chi connectivity index (χ0v) is 15.2. The summed E-state index contributed by atoms with van der Waals surface area (Å²) >= 11 is 0. The maximum Gasteiger partial charge on any atom is 0.224 e. The molecule has 0 radical (unpaired) electrons. The molecule has 1 N–H and O–H groups in total. The third-order valence-electron chi connectivity index (χ3n) is 2.93. The third-order valence-corrected chi connectivity index (χ3v) is 2.93. The lowest BCUT2D eigenvalue weighted by Crippen LogP contribution is -2.15. The van der Waals surface area contributed by atoms with Gasteiger partial charge in [0.1, 0.15) is 5.75 Å². The monoisotopic (exact) mass is 307 g/mol. The molecule has 0 saturated carbocycles. The molecular formula is C19H33NO2. The number of ether oxygens (including phenoxy) is 1. The van der Waals surface area contributed by atoms with E-state index < -0.39 is 0 Å². The van der Waals surface area contributed by atoms with Crippen LogP contribution in [0.25, 0.3) is 0 Å². The molecule has 0 atom stereocenters. The molecule has 1 rings (SSSR count). The van der Waals surface area contributed by atoms with E-state index in [1.807, 2.05) is 39.8 Å². The van der Waals surface area contributed by atoms with E-state index in [0.717, 1.165) is 30.7 Å². The highest BCUT2D eigenvalue weighted by molar-refractivity contribution is 5.92. The quantitative estimate of drug-likeness (QED) is 0.694. The summed E-state index contributed by atoms with van der Waals surface area (Å²) in [7, 11) is 0. The molecule has 0 fully saturated rings. The van der Waals surface area contributed by atoms with Crippen molar-refractivity contribution in [2.45, 2.75) is 67.2 Å². The average molecular weight is 307 g/mol. The lowest BCUT2D eigenvalue weighted by Gasteiger charge is -2.16. The first-order chi connectivity index (χ1) is 10.6. The third kappa shape index (κ3) is 7.48. The summed E-state index contributed by atoms with van der Waals surface area (Å²) in [5, 5.41) is 2.99. The smallest absolute Gasteiger partial charge is 0.224 e. The molecular weight excluding hydrogens is 274 g/mol. The van der Waals surface area contributed by atoms with Crippen molar-refractivity contribution in [3.8, 4) is 5.75 Å². The van der Waals surface area contributed by atoms with Crippen molar-refractivity contribution < 1.29 is 9.53 Å². The van der Waals surface area contributed by atoms with Gasteiger partial charge < -0.3 is 10.1 Å². The Morgan fingerprint density at radius 1 is 1.18 bits per heavy atom. The number of hydrogen-bond donors (Lipinski definition) is 1. The van der Waals surface area contributed by atoms with Crippen LogP contribution in [0.5, 0.6) is 5.75 Å². The number of rotatable bonds is 8. The maximum atomic E-state index is 12.0. The van der Waals surface area contributed by atoms with Gasteiger partial charge in [-0.2, -0.15) is 0 Å². The minimum atomic E-state index is 0.0509. The van der Waals surface area contributed by atoms with Crippen molar-refractivity contribution in [2.24, 2.45) is 5.92 Å². The fraction of sp³-hybridized carbons (Fsp3) is 0.632. The Hall–Kier alpha value is -1.51. The summed E-state index contributed by atoms with van der Waals surface area (Å²) in [5.41, 5.74) is 1.97. The number of aryl methyl sites for hydroxylation is 1. The Balaban J connectivity index is 0.00000211. The van der Waals surface area contributed by atoms with Crippen molar-refractivity contribution >= 4 is 11.6 Å². The largest absolute Gasteiger partial charge is 0.491 e. The van der Waals surface area contributed by atoms with Crippen molar-refractivity contribution in [3.63, 3.8) is 0 Å². The standard InChI is InChI=1S/C17H27NO2.C2H6/c1-5-8-14-9-7-10-15(17(14)20-11-6-2)18-16(19)12-13(3)4;1-2/h7,9-10,13H,5-6,8,11-12H2,1-4H3,(H,18,19);1-2H3. The summed E-state index contributed by atoms with van der Waals surface area (Å²) in [4.78, 5) is 12.0. The maximum absolute atomic E-state index is 12.0. The van der Waals surface area contributed by atoms with Crippen LogP contribution in [-0.4, -0.2) is 12.5 Å². The fourth-order valence-corrected chi connectivity index (χ4v) is 2.10. The molecule has 0 saturated heterocycles. The first-order valence-electron chi connectivity index (χ1n) is 8.63. The van der Waals surface area contributed by atoms with E-state index >= 15 is 0 Å². The number of hydrogen-bond acceptors (Lipinski definition) is 2. The van der Waals surface area contributed by atoms with Crippen LogP contribution >= 0.6 is 0 Å². The summed E-state index contributed by atoms with van der Waals surface area (Å²) in [5.74, 6) is 1.25. The average Bonchev–Trinajstić information content (AvgIpc) is 2.48. The second-order valence-electron chi connectivity index (χ2n) is 5.54. The van der Waals surface area contributed by atoms with Gasteiger partial charge in [-0.15, -0.1) is 0 Å². The van der Waals surface area contributed by atoms with Gasteiger partial charge in [0.15, 0.2) is 0 Å². The molecule has 1 aromatic rings. The Morgan fingerprint density at radius 2 is 1.86 bits per heavy atom. The van der Waals surface area contributed by atoms with Crippen LogP contribution in [0.2, 0.25) is 0 Å². The molecule has 0 unspecified atom stereocenters. The van der Waals surface area contributed by atoms with Crippen LogP contribution in [0.15, 0.2) is 18.2 Å². The predicted octanol–water partition coefficient (Wildman–Crippen LogP) is 5.44. The van der Waals surface area contributed by atoms with Crippen LogP contribution in [0, 0.1) is 5.92 Å². The second-order valence-corrected chi connectivity index (χ2v) is 5.54. The number of carbonyl (C=O) groups is 1.